The molecular formula is C12H19N3O3. The highest BCUT2D eigenvalue weighted by atomic mass is 16.5. The first-order chi connectivity index (χ1) is 8.70. The van der Waals surface area contributed by atoms with E-state index in [0.717, 1.165) is 0 Å². The second-order valence-corrected chi connectivity index (χ2v) is 3.46. The van der Waals surface area contributed by atoms with E-state index in [1.165, 1.54) is 6.20 Å². The van der Waals surface area contributed by atoms with Crippen molar-refractivity contribution < 1.29 is 14.3 Å². The molecule has 1 rings (SSSR count). The van der Waals surface area contributed by atoms with Gasteiger partial charge in [-0.15, -0.1) is 0 Å². The van der Waals surface area contributed by atoms with Crippen LogP contribution in [0.1, 0.15) is 24.2 Å². The summed E-state index contributed by atoms with van der Waals surface area (Å²) in [4.78, 5) is 15.7. The minimum atomic E-state index is -0.440. The van der Waals surface area contributed by atoms with Crippen LogP contribution in [-0.4, -0.2) is 37.3 Å². The third-order valence-electron chi connectivity index (χ3n) is 2.23. The van der Waals surface area contributed by atoms with Crippen molar-refractivity contribution in [2.24, 2.45) is 0 Å². The van der Waals surface area contributed by atoms with Gasteiger partial charge in [0, 0.05) is 19.3 Å². The molecule has 0 radical (unpaired) electrons. The smallest absolute Gasteiger partial charge is 0.340 e. The highest BCUT2D eigenvalue weighted by Crippen LogP contribution is 2.20. The third-order valence-corrected chi connectivity index (χ3v) is 2.23. The van der Waals surface area contributed by atoms with E-state index in [0.29, 0.717) is 43.4 Å². The van der Waals surface area contributed by atoms with Crippen LogP contribution in [0.5, 0.6) is 0 Å². The van der Waals surface area contributed by atoms with Gasteiger partial charge in [-0.05, 0) is 19.9 Å². The number of pyridine rings is 1. The van der Waals surface area contributed by atoms with Gasteiger partial charge in [-0.3, -0.25) is 0 Å². The number of ether oxygens (including phenoxy) is 2. The highest BCUT2D eigenvalue weighted by molar-refractivity contribution is 5.97. The number of hydrogen-bond donors (Lipinski definition) is 2. The van der Waals surface area contributed by atoms with Crippen LogP contribution in [0.2, 0.25) is 0 Å². The van der Waals surface area contributed by atoms with E-state index in [1.54, 1.807) is 13.0 Å². The van der Waals surface area contributed by atoms with E-state index >= 15 is 0 Å². The van der Waals surface area contributed by atoms with Gasteiger partial charge in [-0.25, -0.2) is 9.78 Å². The van der Waals surface area contributed by atoms with Crippen molar-refractivity contribution >= 4 is 17.5 Å². The Bertz CT molecular complexity index is 396. The van der Waals surface area contributed by atoms with Crippen molar-refractivity contribution in [3.8, 4) is 0 Å². The molecule has 3 N–H and O–H groups in total. The zero-order valence-corrected chi connectivity index (χ0v) is 10.7. The van der Waals surface area contributed by atoms with Gasteiger partial charge in [0.25, 0.3) is 0 Å². The van der Waals surface area contributed by atoms with Crippen molar-refractivity contribution in [1.82, 2.24) is 4.98 Å². The Morgan fingerprint density at radius 2 is 2.22 bits per heavy atom. The standard InChI is InChI=1S/C12H19N3O3/c1-3-17-8-7-15-11-10(13)9(5-6-14-11)12(16)18-4-2/h5-6H,3-4,7-8,13H2,1-2H3,(H,14,15). The lowest BCUT2D eigenvalue weighted by molar-refractivity contribution is 0.0527. The van der Waals surface area contributed by atoms with Crippen molar-refractivity contribution in [1.29, 1.82) is 0 Å². The Hall–Kier alpha value is -1.82. The van der Waals surface area contributed by atoms with Crippen molar-refractivity contribution in [3.63, 3.8) is 0 Å². The zero-order chi connectivity index (χ0) is 13.4. The number of rotatable bonds is 7. The number of anilines is 2. The summed E-state index contributed by atoms with van der Waals surface area (Å²) in [6.07, 6.45) is 1.52. The maximum atomic E-state index is 11.6. The Morgan fingerprint density at radius 3 is 2.89 bits per heavy atom. The highest BCUT2D eigenvalue weighted by Gasteiger charge is 2.13. The number of aromatic nitrogens is 1. The summed E-state index contributed by atoms with van der Waals surface area (Å²) >= 11 is 0. The molecule has 0 aliphatic rings. The topological polar surface area (TPSA) is 86.5 Å². The van der Waals surface area contributed by atoms with Gasteiger partial charge in [-0.1, -0.05) is 0 Å². The van der Waals surface area contributed by atoms with E-state index in [9.17, 15) is 4.79 Å². The van der Waals surface area contributed by atoms with Crippen LogP contribution >= 0.6 is 0 Å². The second kappa shape index (κ2) is 7.50. The van der Waals surface area contributed by atoms with Crippen LogP contribution < -0.4 is 11.1 Å². The van der Waals surface area contributed by atoms with Crippen LogP contribution in [-0.2, 0) is 9.47 Å². The van der Waals surface area contributed by atoms with E-state index in [-0.39, 0.29) is 0 Å². The molecule has 0 saturated carbocycles. The van der Waals surface area contributed by atoms with Crippen LogP contribution in [0, 0.1) is 0 Å². The average Bonchev–Trinajstić information content (AvgIpc) is 2.36. The predicted molar refractivity (Wildman–Crippen MR) is 69.6 cm³/mol. The van der Waals surface area contributed by atoms with Gasteiger partial charge < -0.3 is 20.5 Å². The monoisotopic (exact) mass is 253 g/mol. The maximum Gasteiger partial charge on any atom is 0.340 e. The normalized spacial score (nSPS) is 10.1. The minimum Gasteiger partial charge on any atom is -0.462 e. The number of nitrogens with one attached hydrogen (secondary N) is 1. The average molecular weight is 253 g/mol. The van der Waals surface area contributed by atoms with Crippen molar-refractivity contribution in [2.45, 2.75) is 13.8 Å². The molecule has 1 aromatic heterocycles. The number of esters is 1. The Balaban J connectivity index is 2.69. The molecule has 0 bridgehead atoms. The molecule has 0 unspecified atom stereocenters. The Morgan fingerprint density at radius 1 is 1.44 bits per heavy atom. The molecule has 6 nitrogen and oxygen atoms in total. The van der Waals surface area contributed by atoms with E-state index < -0.39 is 5.97 Å². The molecule has 0 aliphatic carbocycles. The number of carbonyl (C=O) groups excluding carboxylic acids is 1. The maximum absolute atomic E-state index is 11.6. The van der Waals surface area contributed by atoms with Gasteiger partial charge in [0.15, 0.2) is 0 Å². The molecular weight excluding hydrogens is 234 g/mol. The van der Waals surface area contributed by atoms with Crippen LogP contribution in [0.4, 0.5) is 11.5 Å². The summed E-state index contributed by atoms with van der Waals surface area (Å²) in [7, 11) is 0. The SMILES string of the molecule is CCOCCNc1nccc(C(=O)OCC)c1N. The second-order valence-electron chi connectivity index (χ2n) is 3.46. The molecule has 0 atom stereocenters. The molecule has 100 valence electrons. The fourth-order valence-electron chi connectivity index (χ4n) is 1.39. The van der Waals surface area contributed by atoms with Crippen LogP contribution in [0.3, 0.4) is 0 Å². The predicted octanol–water partition coefficient (Wildman–Crippen LogP) is 1.29. The summed E-state index contributed by atoms with van der Waals surface area (Å²) in [6, 6.07) is 1.54. The number of nitrogen functional groups attached to an aromatic ring is 1. The third kappa shape index (κ3) is 3.89. The van der Waals surface area contributed by atoms with Gasteiger partial charge in [0.1, 0.15) is 5.82 Å². The first kappa shape index (κ1) is 14.2. The molecule has 6 heteroatoms. The van der Waals surface area contributed by atoms with Gasteiger partial charge in [0.05, 0.1) is 24.5 Å². The lowest BCUT2D eigenvalue weighted by atomic mass is 10.2. The molecule has 0 saturated heterocycles. The van der Waals surface area contributed by atoms with E-state index in [2.05, 4.69) is 10.3 Å². The van der Waals surface area contributed by atoms with Crippen molar-refractivity contribution in [2.75, 3.05) is 37.4 Å². The summed E-state index contributed by atoms with van der Waals surface area (Å²) in [5, 5.41) is 3.02. The van der Waals surface area contributed by atoms with Crippen molar-refractivity contribution in [3.05, 3.63) is 17.8 Å². The molecule has 1 heterocycles. The number of hydrogen-bond acceptors (Lipinski definition) is 6. The zero-order valence-electron chi connectivity index (χ0n) is 10.7. The van der Waals surface area contributed by atoms with Gasteiger partial charge in [-0.2, -0.15) is 0 Å². The quantitative estimate of drug-likeness (QED) is 0.562. The molecule has 0 amide bonds. The van der Waals surface area contributed by atoms with E-state index in [4.69, 9.17) is 15.2 Å². The summed E-state index contributed by atoms with van der Waals surface area (Å²) in [6.45, 7) is 5.78. The molecule has 0 fully saturated rings. The molecule has 1 aromatic rings. The summed E-state index contributed by atoms with van der Waals surface area (Å²) in [5.41, 5.74) is 6.49. The van der Waals surface area contributed by atoms with Gasteiger partial charge in [0.2, 0.25) is 0 Å². The minimum absolute atomic E-state index is 0.299. The Labute approximate surface area is 106 Å². The largest absolute Gasteiger partial charge is 0.462 e. The first-order valence-corrected chi connectivity index (χ1v) is 5.93. The fourth-order valence-corrected chi connectivity index (χ4v) is 1.39. The van der Waals surface area contributed by atoms with Crippen LogP contribution in [0.25, 0.3) is 0 Å². The molecule has 0 aromatic carbocycles. The lowest BCUT2D eigenvalue weighted by Crippen LogP contribution is -2.14. The molecule has 0 aliphatic heterocycles. The summed E-state index contributed by atoms with van der Waals surface area (Å²) in [5.74, 6) is 0.0329. The first-order valence-electron chi connectivity index (χ1n) is 5.93. The molecule has 18 heavy (non-hydrogen) atoms. The number of nitrogens with zero attached hydrogens (tertiary/aromatic N) is 1. The number of nitrogens with two attached hydrogens (primary N) is 1. The molecule has 0 spiro atoms. The summed E-state index contributed by atoms with van der Waals surface area (Å²) < 4.78 is 10.1. The fraction of sp³-hybridized carbons (Fsp3) is 0.500. The number of carbonyl (C=O) groups is 1. The Kier molecular flexibility index (Phi) is 5.93. The van der Waals surface area contributed by atoms with Crippen LogP contribution in [0.15, 0.2) is 12.3 Å². The lowest BCUT2D eigenvalue weighted by Gasteiger charge is -2.11. The van der Waals surface area contributed by atoms with Gasteiger partial charge >= 0.3 is 5.97 Å². The van der Waals surface area contributed by atoms with E-state index in [1.807, 2.05) is 6.92 Å².